The molecule has 0 amide bonds. The molecule has 0 spiro atoms. The van der Waals surface area contributed by atoms with Crippen LogP contribution < -0.4 is 9.47 Å². The number of aliphatic carboxylic acids is 1. The number of ether oxygens (including phenoxy) is 2. The number of carboxylic acids is 1. The first-order valence-corrected chi connectivity index (χ1v) is 7.00. The number of rotatable bonds is 4. The third-order valence-corrected chi connectivity index (χ3v) is 4.48. The third-order valence-electron chi connectivity index (χ3n) is 3.86. The van der Waals surface area contributed by atoms with Gasteiger partial charge in [0.2, 0.25) is 0 Å². The van der Waals surface area contributed by atoms with Crippen LogP contribution in [0.25, 0.3) is 0 Å². The van der Waals surface area contributed by atoms with Crippen LogP contribution in [0.3, 0.4) is 0 Å². The van der Waals surface area contributed by atoms with Crippen LogP contribution in [0.15, 0.2) is 16.6 Å². The highest BCUT2D eigenvalue weighted by molar-refractivity contribution is 9.10. The van der Waals surface area contributed by atoms with Gasteiger partial charge >= 0.3 is 5.97 Å². The van der Waals surface area contributed by atoms with Gasteiger partial charge in [0, 0.05) is 11.6 Å². The molecule has 0 aromatic heterocycles. The second-order valence-corrected chi connectivity index (χ2v) is 5.64. The fourth-order valence-electron chi connectivity index (χ4n) is 2.81. The van der Waals surface area contributed by atoms with Gasteiger partial charge in [0.25, 0.3) is 0 Å². The van der Waals surface area contributed by atoms with E-state index in [4.69, 9.17) is 9.47 Å². The summed E-state index contributed by atoms with van der Waals surface area (Å²) in [5.41, 5.74) is -0.104. The van der Waals surface area contributed by atoms with Crippen LogP contribution in [0, 0.1) is 0 Å². The van der Waals surface area contributed by atoms with E-state index in [2.05, 4.69) is 15.9 Å². The summed E-state index contributed by atoms with van der Waals surface area (Å²) >= 11 is 3.42. The van der Waals surface area contributed by atoms with Crippen LogP contribution in [-0.4, -0.2) is 25.3 Å². The minimum atomic E-state index is -0.833. The van der Waals surface area contributed by atoms with E-state index in [9.17, 15) is 9.90 Å². The molecule has 1 saturated carbocycles. The average molecular weight is 329 g/mol. The summed E-state index contributed by atoms with van der Waals surface area (Å²) < 4.78 is 11.3. The Hall–Kier alpha value is -1.23. The number of hydrogen-bond acceptors (Lipinski definition) is 3. The standard InChI is InChI=1S/C14H17BrO4/c1-18-11-8-12(19-2)10(15)7-9(11)14(13(16)17)5-3-4-6-14/h7-8H,3-6H2,1-2H3,(H,16,17). The highest BCUT2D eigenvalue weighted by atomic mass is 79.9. The van der Waals surface area contributed by atoms with Crippen LogP contribution in [0.1, 0.15) is 31.2 Å². The van der Waals surface area contributed by atoms with Crippen molar-refractivity contribution >= 4 is 21.9 Å². The number of carboxylic acid groups (broad SMARTS) is 1. The Morgan fingerprint density at radius 1 is 1.21 bits per heavy atom. The topological polar surface area (TPSA) is 55.8 Å². The fraction of sp³-hybridized carbons (Fsp3) is 0.500. The van der Waals surface area contributed by atoms with Crippen molar-refractivity contribution in [3.8, 4) is 11.5 Å². The molecule has 0 heterocycles. The summed E-state index contributed by atoms with van der Waals surface area (Å²) in [5, 5.41) is 9.65. The van der Waals surface area contributed by atoms with Crippen molar-refractivity contribution in [3.63, 3.8) is 0 Å². The molecule has 0 bridgehead atoms. The summed E-state index contributed by atoms with van der Waals surface area (Å²) in [4.78, 5) is 11.8. The smallest absolute Gasteiger partial charge is 0.314 e. The quantitative estimate of drug-likeness (QED) is 0.920. The predicted octanol–water partition coefficient (Wildman–Crippen LogP) is 3.36. The van der Waals surface area contributed by atoms with E-state index < -0.39 is 11.4 Å². The number of hydrogen-bond donors (Lipinski definition) is 1. The molecular weight excluding hydrogens is 312 g/mol. The maximum Gasteiger partial charge on any atom is 0.314 e. The Morgan fingerprint density at radius 3 is 2.26 bits per heavy atom. The van der Waals surface area contributed by atoms with Crippen molar-refractivity contribution in [3.05, 3.63) is 22.2 Å². The zero-order valence-electron chi connectivity index (χ0n) is 11.0. The average Bonchev–Trinajstić information content (AvgIpc) is 2.89. The Balaban J connectivity index is 2.60. The minimum Gasteiger partial charge on any atom is -0.496 e. The molecule has 0 aliphatic heterocycles. The largest absolute Gasteiger partial charge is 0.496 e. The normalized spacial score (nSPS) is 17.2. The van der Waals surface area contributed by atoms with Gasteiger partial charge in [-0.05, 0) is 34.8 Å². The van der Waals surface area contributed by atoms with Crippen molar-refractivity contribution in [2.75, 3.05) is 14.2 Å². The van der Waals surface area contributed by atoms with Crippen molar-refractivity contribution < 1.29 is 19.4 Å². The van der Waals surface area contributed by atoms with Crippen molar-refractivity contribution in [1.82, 2.24) is 0 Å². The summed E-state index contributed by atoms with van der Waals surface area (Å²) in [6, 6.07) is 3.56. The Morgan fingerprint density at radius 2 is 1.79 bits per heavy atom. The number of benzene rings is 1. The molecule has 1 aliphatic carbocycles. The lowest BCUT2D eigenvalue weighted by atomic mass is 9.78. The molecule has 1 fully saturated rings. The molecule has 0 saturated heterocycles. The molecule has 19 heavy (non-hydrogen) atoms. The maximum absolute atomic E-state index is 11.8. The van der Waals surface area contributed by atoms with E-state index in [1.807, 2.05) is 6.07 Å². The van der Waals surface area contributed by atoms with Crippen molar-refractivity contribution in [2.24, 2.45) is 0 Å². The van der Waals surface area contributed by atoms with Gasteiger partial charge in [-0.1, -0.05) is 12.8 Å². The minimum absolute atomic E-state index is 0.573. The highest BCUT2D eigenvalue weighted by Gasteiger charge is 2.45. The van der Waals surface area contributed by atoms with Gasteiger partial charge in [0.1, 0.15) is 11.5 Å². The van der Waals surface area contributed by atoms with E-state index >= 15 is 0 Å². The SMILES string of the molecule is COc1cc(OC)c(C2(C(=O)O)CCCC2)cc1Br. The molecular formula is C14H17BrO4. The Bertz CT molecular complexity index is 492. The van der Waals surface area contributed by atoms with Gasteiger partial charge in [-0.2, -0.15) is 0 Å². The predicted molar refractivity (Wildman–Crippen MR) is 75.0 cm³/mol. The maximum atomic E-state index is 11.8. The second-order valence-electron chi connectivity index (χ2n) is 4.78. The van der Waals surface area contributed by atoms with Gasteiger partial charge in [-0.3, -0.25) is 4.79 Å². The molecule has 104 valence electrons. The lowest BCUT2D eigenvalue weighted by Gasteiger charge is -2.27. The van der Waals surface area contributed by atoms with Crippen LogP contribution in [0.2, 0.25) is 0 Å². The van der Waals surface area contributed by atoms with Gasteiger partial charge in [0.15, 0.2) is 0 Å². The molecule has 4 nitrogen and oxygen atoms in total. The Labute approximate surface area is 120 Å². The zero-order chi connectivity index (χ0) is 14.0. The first-order valence-electron chi connectivity index (χ1n) is 6.20. The van der Waals surface area contributed by atoms with E-state index in [0.29, 0.717) is 24.3 Å². The fourth-order valence-corrected chi connectivity index (χ4v) is 3.32. The molecule has 5 heteroatoms. The van der Waals surface area contributed by atoms with Crippen molar-refractivity contribution in [1.29, 1.82) is 0 Å². The van der Waals surface area contributed by atoms with Gasteiger partial charge in [-0.25, -0.2) is 0 Å². The van der Waals surface area contributed by atoms with Crippen LogP contribution >= 0.6 is 15.9 Å². The summed E-state index contributed by atoms with van der Waals surface area (Å²) in [5.74, 6) is 0.434. The van der Waals surface area contributed by atoms with E-state index in [1.165, 1.54) is 0 Å². The molecule has 1 aromatic carbocycles. The highest BCUT2D eigenvalue weighted by Crippen LogP contribution is 2.47. The number of methoxy groups -OCH3 is 2. The second kappa shape index (κ2) is 5.41. The van der Waals surface area contributed by atoms with E-state index in [1.54, 1.807) is 20.3 Å². The van der Waals surface area contributed by atoms with Crippen molar-refractivity contribution in [2.45, 2.75) is 31.1 Å². The molecule has 1 aromatic rings. The molecule has 0 radical (unpaired) electrons. The summed E-state index contributed by atoms with van der Waals surface area (Å²) in [6.07, 6.45) is 3.16. The van der Waals surface area contributed by atoms with Crippen LogP contribution in [0.5, 0.6) is 11.5 Å². The first kappa shape index (κ1) is 14.2. The lowest BCUT2D eigenvalue weighted by molar-refractivity contribution is -0.143. The third kappa shape index (κ3) is 2.31. The Kier molecular flexibility index (Phi) is 4.04. The summed E-state index contributed by atoms with van der Waals surface area (Å²) in [6.45, 7) is 0. The molecule has 1 N–H and O–H groups in total. The van der Waals surface area contributed by atoms with Gasteiger partial charge in [-0.15, -0.1) is 0 Å². The molecule has 0 atom stereocenters. The van der Waals surface area contributed by atoms with E-state index in [0.717, 1.165) is 22.9 Å². The number of carbonyl (C=O) groups is 1. The number of halogens is 1. The zero-order valence-corrected chi connectivity index (χ0v) is 12.6. The first-order chi connectivity index (χ1) is 9.05. The monoisotopic (exact) mass is 328 g/mol. The van der Waals surface area contributed by atoms with E-state index in [-0.39, 0.29) is 0 Å². The van der Waals surface area contributed by atoms with Gasteiger partial charge < -0.3 is 14.6 Å². The van der Waals surface area contributed by atoms with Gasteiger partial charge in [0.05, 0.1) is 24.1 Å². The lowest BCUT2D eigenvalue weighted by Crippen LogP contribution is -2.33. The van der Waals surface area contributed by atoms with Crippen LogP contribution in [-0.2, 0) is 10.2 Å². The summed E-state index contributed by atoms with van der Waals surface area (Å²) in [7, 11) is 3.12. The molecule has 1 aliphatic rings. The molecule has 2 rings (SSSR count). The molecule has 0 unspecified atom stereocenters. The van der Waals surface area contributed by atoms with Crippen LogP contribution in [0.4, 0.5) is 0 Å².